The molecule has 6 rings (SSSR count). The predicted octanol–water partition coefficient (Wildman–Crippen LogP) is -7.04. The maximum absolute atomic E-state index is 12.1. The van der Waals surface area contributed by atoms with Crippen LogP contribution < -0.4 is 33.2 Å². The summed E-state index contributed by atoms with van der Waals surface area (Å²) < 4.78 is 22.7. The number of hydrogen-bond acceptors (Lipinski definition) is 21. The second-order valence-corrected chi connectivity index (χ2v) is 15.3. The normalized spacial score (nSPS) is 36.7. The van der Waals surface area contributed by atoms with E-state index in [1.54, 1.807) is 18.2 Å². The number of likely N-dealkylation sites (N-methyl/N-ethyl adjacent to an activating group) is 1. The van der Waals surface area contributed by atoms with Gasteiger partial charge in [0.05, 0.1) is 25.3 Å². The lowest BCUT2D eigenvalue weighted by molar-refractivity contribution is -0.314. The van der Waals surface area contributed by atoms with Gasteiger partial charge >= 0.3 is 0 Å². The molecule has 0 radical (unpaired) electrons. The number of carbonyl (C=O) groups is 1. The fourth-order valence-electron chi connectivity index (χ4n) is 7.99. The van der Waals surface area contributed by atoms with Crippen molar-refractivity contribution in [3.05, 3.63) is 47.0 Å². The summed E-state index contributed by atoms with van der Waals surface area (Å²) in [6.07, 6.45) is -17.2. The summed E-state index contributed by atoms with van der Waals surface area (Å²) in [5.74, 6) is -1.73. The summed E-state index contributed by atoms with van der Waals surface area (Å²) in [6.45, 7) is -0.894. The summed E-state index contributed by atoms with van der Waals surface area (Å²) in [5.41, 5.74) is 16.4. The molecule has 2 aromatic carbocycles. The fraction of sp³-hybridized carbons (Fsp3) is 0.595. The van der Waals surface area contributed by atoms with Crippen molar-refractivity contribution in [2.75, 3.05) is 26.8 Å². The van der Waals surface area contributed by atoms with Gasteiger partial charge in [0.2, 0.25) is 0 Å². The van der Waals surface area contributed by atoms with Gasteiger partial charge in [-0.1, -0.05) is 6.07 Å². The van der Waals surface area contributed by atoms with Crippen molar-refractivity contribution in [3.8, 4) is 23.0 Å². The number of phenolic OH excluding ortho intramolecular Hbond substituents is 4. The van der Waals surface area contributed by atoms with Gasteiger partial charge in [0.1, 0.15) is 61.0 Å². The third-order valence-electron chi connectivity index (χ3n) is 11.3. The third kappa shape index (κ3) is 10.1. The Morgan fingerprint density at radius 2 is 1.56 bits per heavy atom. The Morgan fingerprint density at radius 1 is 0.887 bits per heavy atom. The van der Waals surface area contributed by atoms with Gasteiger partial charge in [-0.3, -0.25) is 10.2 Å². The Labute approximate surface area is 353 Å². The Bertz CT molecular complexity index is 1900. The zero-order valence-corrected chi connectivity index (χ0v) is 33.2. The van der Waals surface area contributed by atoms with Gasteiger partial charge in [0.15, 0.2) is 59.4 Å². The average molecular weight is 885 g/mol. The number of hydrogen-bond donors (Lipinski definition) is 19. The van der Waals surface area contributed by atoms with Crippen molar-refractivity contribution < 1.29 is 85.0 Å². The molecule has 346 valence electrons. The van der Waals surface area contributed by atoms with Crippen LogP contribution in [-0.2, 0) is 36.6 Å². The molecule has 1 unspecified atom stereocenters. The Balaban J connectivity index is 0.000000287. The van der Waals surface area contributed by atoms with E-state index in [1.807, 2.05) is 0 Å². The number of aliphatic hydroxyl groups excluding tert-OH is 7. The number of aliphatic imine (C=N–C) groups is 1. The van der Waals surface area contributed by atoms with Crippen molar-refractivity contribution in [2.24, 2.45) is 22.2 Å². The first-order valence-electron chi connectivity index (χ1n) is 19.4. The van der Waals surface area contributed by atoms with Crippen LogP contribution in [0.1, 0.15) is 22.7 Å². The quantitative estimate of drug-likeness (QED) is 0.0407. The fourth-order valence-corrected chi connectivity index (χ4v) is 7.99. The largest absolute Gasteiger partial charge is 0.504 e. The minimum atomic E-state index is -2.63. The molecule has 2 aromatic rings. The lowest BCUT2D eigenvalue weighted by Crippen LogP contribution is -2.70. The van der Waals surface area contributed by atoms with Crippen molar-refractivity contribution in [2.45, 2.75) is 110 Å². The van der Waals surface area contributed by atoms with Crippen LogP contribution in [0.5, 0.6) is 23.0 Å². The van der Waals surface area contributed by atoms with E-state index < -0.39 is 116 Å². The molecule has 0 aromatic heterocycles. The molecule has 3 fully saturated rings. The zero-order chi connectivity index (χ0) is 45.8. The Hall–Kier alpha value is -4.71. The molecule has 22 N–H and O–H groups in total. The monoisotopic (exact) mass is 884 g/mol. The van der Waals surface area contributed by atoms with Crippen LogP contribution in [-0.4, -0.2) is 198 Å². The van der Waals surface area contributed by atoms with E-state index in [-0.39, 0.29) is 35.3 Å². The molecule has 62 heavy (non-hydrogen) atoms. The van der Waals surface area contributed by atoms with Gasteiger partial charge in [-0.2, -0.15) is 0 Å². The molecule has 16 atom stereocenters. The summed E-state index contributed by atoms with van der Waals surface area (Å²) in [4.78, 5) is 15.8. The smallest absolute Gasteiger partial charge is 0.188 e. The van der Waals surface area contributed by atoms with Gasteiger partial charge in [0, 0.05) is 6.04 Å². The number of fused-ring (bicyclic) bond motifs is 1. The summed E-state index contributed by atoms with van der Waals surface area (Å²) in [7, 11) is 1.38. The van der Waals surface area contributed by atoms with E-state index in [2.05, 4.69) is 20.9 Å². The highest BCUT2D eigenvalue weighted by Crippen LogP contribution is 2.39. The molecule has 0 bridgehead atoms. The van der Waals surface area contributed by atoms with Crippen LogP contribution in [0.4, 0.5) is 0 Å². The van der Waals surface area contributed by atoms with E-state index in [0.29, 0.717) is 6.42 Å². The second-order valence-electron chi connectivity index (χ2n) is 15.3. The van der Waals surface area contributed by atoms with E-state index in [1.165, 1.54) is 19.2 Å². The van der Waals surface area contributed by atoms with Crippen LogP contribution >= 0.6 is 0 Å². The van der Waals surface area contributed by atoms with E-state index >= 15 is 0 Å². The number of aromatic hydroxyl groups is 4. The molecule has 1 aliphatic carbocycles. The van der Waals surface area contributed by atoms with Crippen LogP contribution in [0.25, 0.3) is 0 Å². The average Bonchev–Trinajstić information content (AvgIpc) is 3.49. The number of nitrogens with two attached hydrogens (primary N) is 3. The molecule has 2 saturated heterocycles. The SMILES string of the molecule is CN[C@@H]1[C@H](O[C@H]2[C@H](O[C@H]3[C@H](O)[C@@H](O)[C@H](N=C(N)N)[C@@H](O)[C@@H]3NC(=N)N)O[C@@H](CO)[C@]2(O)C=O)O[C@@H](CO)[C@H](O)[C@H]1O.Oc1ccc(CC2NCCc3cc(O)c(O)cc32)cc1O. The topological polar surface area (TPSA) is 447 Å². The van der Waals surface area contributed by atoms with E-state index in [0.717, 1.165) is 29.7 Å². The molecule has 25 heteroatoms. The lowest BCUT2D eigenvalue weighted by Gasteiger charge is -2.46. The molecule has 25 nitrogen and oxygen atoms in total. The first kappa shape index (κ1) is 48.3. The number of carbonyl (C=O) groups excluding carboxylic acids is 1. The predicted molar refractivity (Wildman–Crippen MR) is 211 cm³/mol. The third-order valence-corrected chi connectivity index (χ3v) is 11.3. The molecule has 3 aliphatic heterocycles. The number of nitrogens with one attached hydrogen (secondary N) is 4. The van der Waals surface area contributed by atoms with Gasteiger partial charge in [-0.15, -0.1) is 0 Å². The highest BCUT2D eigenvalue weighted by molar-refractivity contribution is 5.76. The molecule has 1 saturated carbocycles. The van der Waals surface area contributed by atoms with Gasteiger partial charge in [0.25, 0.3) is 0 Å². The highest BCUT2D eigenvalue weighted by atomic mass is 16.8. The first-order chi connectivity index (χ1) is 29.3. The molecular weight excluding hydrogens is 828 g/mol. The van der Waals surface area contributed by atoms with Gasteiger partial charge < -0.3 is 113 Å². The van der Waals surface area contributed by atoms with Crippen LogP contribution in [0.15, 0.2) is 35.3 Å². The number of rotatable bonds is 12. The summed E-state index contributed by atoms with van der Waals surface area (Å²) in [5, 5.41) is 138. The standard InChI is InChI=1S/C21H39N7O13.C16H17NO4/c1-26-9-13(35)10(32)5(2-29)38-17(9)41-16-18(39-6(3-30)21(16,37)4-31)40-15-8(28-20(24)25)11(33)7(27-19(22)23)12(34)14(15)36;18-13-2-1-9(6-14(13)19)5-12-11-8-16(21)15(20)7-10(11)3-4-17-12/h4-18,26,29-30,32-37H,2-3H2,1H3,(H4,22,23,27)(H4,24,25,28);1-2,6-8,12,17-21H,3-5H2/t5-,6-,7+,8-,9-,10-,11+,12-,13-,14+,15+,16-,17-,18-,21+;/m0./s1. The second kappa shape index (κ2) is 20.2. The molecule has 4 aliphatic rings. The zero-order valence-electron chi connectivity index (χ0n) is 33.2. The highest BCUT2D eigenvalue weighted by Gasteiger charge is 2.62. The number of benzene rings is 2. The van der Waals surface area contributed by atoms with E-state index in [4.69, 9.17) is 41.6 Å². The number of ether oxygens (including phenoxy) is 4. The maximum Gasteiger partial charge on any atom is 0.188 e. The van der Waals surface area contributed by atoms with Crippen molar-refractivity contribution >= 4 is 18.2 Å². The summed E-state index contributed by atoms with van der Waals surface area (Å²) >= 11 is 0. The molecular formula is C37H56N8O17. The molecule has 3 heterocycles. The molecule has 0 amide bonds. The Kier molecular flexibility index (Phi) is 15.7. The number of aldehydes is 1. The number of nitrogens with zero attached hydrogens (tertiary/aromatic N) is 1. The van der Waals surface area contributed by atoms with Crippen molar-refractivity contribution in [3.63, 3.8) is 0 Å². The van der Waals surface area contributed by atoms with E-state index in [9.17, 15) is 66.1 Å². The lowest BCUT2D eigenvalue weighted by atomic mass is 9.81. The van der Waals surface area contributed by atoms with Crippen LogP contribution in [0.2, 0.25) is 0 Å². The minimum Gasteiger partial charge on any atom is -0.504 e. The minimum absolute atomic E-state index is 0.00892. The number of guanidine groups is 2. The van der Waals surface area contributed by atoms with Gasteiger partial charge in [-0.25, -0.2) is 4.99 Å². The van der Waals surface area contributed by atoms with Crippen LogP contribution in [0.3, 0.4) is 0 Å². The van der Waals surface area contributed by atoms with Crippen molar-refractivity contribution in [1.29, 1.82) is 5.41 Å². The Morgan fingerprint density at radius 3 is 2.16 bits per heavy atom. The summed E-state index contributed by atoms with van der Waals surface area (Å²) in [6, 6.07) is 3.75. The first-order valence-corrected chi connectivity index (χ1v) is 19.4. The number of phenols is 4. The number of aliphatic hydroxyl groups is 8. The van der Waals surface area contributed by atoms with Crippen LogP contribution in [0, 0.1) is 5.41 Å². The van der Waals surface area contributed by atoms with Gasteiger partial charge in [-0.05, 0) is 67.4 Å². The molecule has 0 spiro atoms. The van der Waals surface area contributed by atoms with Crippen molar-refractivity contribution in [1.82, 2.24) is 16.0 Å². The maximum atomic E-state index is 12.1.